The van der Waals surface area contributed by atoms with Gasteiger partial charge in [-0.25, -0.2) is 4.79 Å². The number of para-hydroxylation sites is 1. The van der Waals surface area contributed by atoms with Crippen molar-refractivity contribution in [2.75, 3.05) is 13.2 Å². The highest BCUT2D eigenvalue weighted by Crippen LogP contribution is 2.65. The number of nitrogens with zero attached hydrogens (tertiary/aromatic N) is 1. The molecule has 31 heavy (non-hydrogen) atoms. The highest BCUT2D eigenvalue weighted by molar-refractivity contribution is 7.58. The van der Waals surface area contributed by atoms with Crippen LogP contribution in [-0.4, -0.2) is 29.7 Å². The number of hydrogen-bond acceptors (Lipinski definition) is 8. The molecular weight excluding hydrogens is 423 g/mol. The van der Waals surface area contributed by atoms with Gasteiger partial charge in [-0.1, -0.05) is 18.2 Å². The standard InChI is InChI=1S/C21H27N2O7P/c1-13-17(20(24)30-21(3,4)5)18(15-9-6-7-10-16(15)23(25)26)19(14(2)22-13)31(27)28-11-8-12-29-31/h6-7,9-10,18,22H,8,11-12H2,1-5H3. The molecule has 0 aliphatic carbocycles. The van der Waals surface area contributed by atoms with Gasteiger partial charge in [0.2, 0.25) is 0 Å². The summed E-state index contributed by atoms with van der Waals surface area (Å²) in [5.41, 5.74) is 0.294. The molecule has 1 aromatic rings. The topological polar surface area (TPSA) is 117 Å². The number of nitro benzene ring substituents is 1. The number of dihydropyridines is 1. The van der Waals surface area contributed by atoms with E-state index in [1.165, 1.54) is 6.07 Å². The average molecular weight is 450 g/mol. The summed E-state index contributed by atoms with van der Waals surface area (Å²) in [6.07, 6.45) is 0.577. The summed E-state index contributed by atoms with van der Waals surface area (Å²) in [4.78, 5) is 24.5. The van der Waals surface area contributed by atoms with Crippen molar-refractivity contribution >= 4 is 19.3 Å². The van der Waals surface area contributed by atoms with E-state index < -0.39 is 30.0 Å². The summed E-state index contributed by atoms with van der Waals surface area (Å²) in [6, 6.07) is 6.08. The van der Waals surface area contributed by atoms with Crippen LogP contribution in [0.2, 0.25) is 0 Å². The third kappa shape index (κ3) is 4.74. The maximum atomic E-state index is 13.7. The van der Waals surface area contributed by atoms with Gasteiger partial charge in [0.1, 0.15) is 5.60 Å². The van der Waals surface area contributed by atoms with E-state index in [2.05, 4.69) is 5.32 Å². The van der Waals surface area contributed by atoms with E-state index in [4.69, 9.17) is 13.8 Å². The first-order valence-corrected chi connectivity index (χ1v) is 11.5. The molecule has 0 aromatic heterocycles. The Balaban J connectivity index is 2.26. The minimum atomic E-state index is -3.82. The number of carbonyl (C=O) groups is 1. The number of allylic oxidation sites excluding steroid dienone is 3. The second kappa shape index (κ2) is 8.57. The molecule has 1 atom stereocenters. The number of nitro groups is 1. The molecule has 168 valence electrons. The fourth-order valence-electron chi connectivity index (χ4n) is 3.76. The van der Waals surface area contributed by atoms with Crippen molar-refractivity contribution in [2.45, 2.75) is 52.6 Å². The molecule has 0 amide bonds. The molecule has 1 N–H and O–H groups in total. The number of benzene rings is 1. The van der Waals surface area contributed by atoms with E-state index in [0.29, 0.717) is 17.8 Å². The Kier molecular flexibility index (Phi) is 6.41. The Morgan fingerprint density at radius 2 is 1.81 bits per heavy atom. The quantitative estimate of drug-likeness (QED) is 0.302. The highest BCUT2D eigenvalue weighted by Gasteiger charge is 2.47. The van der Waals surface area contributed by atoms with Crippen LogP contribution < -0.4 is 5.32 Å². The Morgan fingerprint density at radius 1 is 1.19 bits per heavy atom. The molecule has 0 spiro atoms. The Bertz CT molecular complexity index is 1010. The summed E-state index contributed by atoms with van der Waals surface area (Å²) < 4.78 is 30.5. The van der Waals surface area contributed by atoms with Crippen LogP contribution in [-0.2, 0) is 23.1 Å². The molecule has 1 saturated heterocycles. The molecule has 2 heterocycles. The van der Waals surface area contributed by atoms with Crippen LogP contribution in [0.3, 0.4) is 0 Å². The molecular formula is C21H27N2O7P. The Labute approximate surface area is 181 Å². The first-order valence-electron chi connectivity index (χ1n) is 9.99. The van der Waals surface area contributed by atoms with Gasteiger partial charge in [0.05, 0.1) is 34.9 Å². The maximum Gasteiger partial charge on any atom is 0.360 e. The average Bonchev–Trinajstić information content (AvgIpc) is 2.66. The van der Waals surface area contributed by atoms with Crippen LogP contribution in [0.25, 0.3) is 0 Å². The first kappa shape index (κ1) is 23.2. The molecule has 2 aliphatic heterocycles. The molecule has 1 unspecified atom stereocenters. The summed E-state index contributed by atoms with van der Waals surface area (Å²) in [6.45, 7) is 9.01. The van der Waals surface area contributed by atoms with Gasteiger partial charge in [-0.2, -0.15) is 0 Å². The van der Waals surface area contributed by atoms with Gasteiger partial charge in [0.25, 0.3) is 5.69 Å². The normalized spacial score (nSPS) is 21.5. The lowest BCUT2D eigenvalue weighted by Crippen LogP contribution is -2.33. The van der Waals surface area contributed by atoms with Crippen molar-refractivity contribution < 1.29 is 28.1 Å². The number of rotatable bonds is 4. The zero-order valence-corrected chi connectivity index (χ0v) is 19.2. The lowest BCUT2D eigenvalue weighted by molar-refractivity contribution is -0.385. The molecule has 0 saturated carbocycles. The molecule has 0 radical (unpaired) electrons. The molecule has 2 aliphatic rings. The zero-order chi connectivity index (χ0) is 23.0. The number of nitrogens with one attached hydrogen (secondary N) is 1. The number of esters is 1. The molecule has 1 fully saturated rings. The zero-order valence-electron chi connectivity index (χ0n) is 18.3. The van der Waals surface area contributed by atoms with Crippen molar-refractivity contribution in [2.24, 2.45) is 0 Å². The predicted octanol–water partition coefficient (Wildman–Crippen LogP) is 4.76. The van der Waals surface area contributed by atoms with E-state index in [1.54, 1.807) is 52.8 Å². The van der Waals surface area contributed by atoms with E-state index >= 15 is 0 Å². The van der Waals surface area contributed by atoms with E-state index in [1.807, 2.05) is 0 Å². The van der Waals surface area contributed by atoms with Crippen LogP contribution >= 0.6 is 7.60 Å². The fourth-order valence-corrected chi connectivity index (χ4v) is 5.90. The van der Waals surface area contributed by atoms with Crippen molar-refractivity contribution in [3.05, 3.63) is 62.2 Å². The molecule has 10 heteroatoms. The molecule has 0 bridgehead atoms. The third-order valence-electron chi connectivity index (χ3n) is 4.89. The summed E-state index contributed by atoms with van der Waals surface area (Å²) in [5.74, 6) is -1.68. The first-order chi connectivity index (χ1) is 14.4. The largest absolute Gasteiger partial charge is 0.457 e. The van der Waals surface area contributed by atoms with E-state index in [0.717, 1.165) is 0 Å². The molecule has 9 nitrogen and oxygen atoms in total. The van der Waals surface area contributed by atoms with Crippen molar-refractivity contribution in [3.63, 3.8) is 0 Å². The minimum absolute atomic E-state index is 0.137. The molecule has 3 rings (SSSR count). The maximum absolute atomic E-state index is 13.7. The van der Waals surface area contributed by atoms with Crippen LogP contribution in [0, 0.1) is 10.1 Å². The fraction of sp³-hybridized carbons (Fsp3) is 0.476. The summed E-state index contributed by atoms with van der Waals surface area (Å²) in [7, 11) is -3.82. The van der Waals surface area contributed by atoms with Crippen LogP contribution in [0.5, 0.6) is 0 Å². The predicted molar refractivity (Wildman–Crippen MR) is 114 cm³/mol. The van der Waals surface area contributed by atoms with Gasteiger partial charge in [0, 0.05) is 23.0 Å². The Hall–Kier alpha value is -2.48. The second-order valence-corrected chi connectivity index (χ2v) is 10.4. The van der Waals surface area contributed by atoms with Crippen LogP contribution in [0.4, 0.5) is 5.69 Å². The van der Waals surface area contributed by atoms with Crippen molar-refractivity contribution in [1.29, 1.82) is 0 Å². The van der Waals surface area contributed by atoms with Crippen molar-refractivity contribution in [3.8, 4) is 0 Å². The number of hydrogen-bond donors (Lipinski definition) is 1. The van der Waals surface area contributed by atoms with Gasteiger partial charge < -0.3 is 19.1 Å². The number of carbonyl (C=O) groups excluding carboxylic acids is 1. The summed E-state index contributed by atoms with van der Waals surface area (Å²) in [5, 5.41) is 15.1. The minimum Gasteiger partial charge on any atom is -0.457 e. The Morgan fingerprint density at radius 3 is 2.39 bits per heavy atom. The third-order valence-corrected chi connectivity index (χ3v) is 7.12. The van der Waals surface area contributed by atoms with Gasteiger partial charge in [-0.15, -0.1) is 0 Å². The van der Waals surface area contributed by atoms with Crippen LogP contribution in [0.15, 0.2) is 46.5 Å². The van der Waals surface area contributed by atoms with E-state index in [-0.39, 0.29) is 35.4 Å². The van der Waals surface area contributed by atoms with Gasteiger partial charge in [-0.3, -0.25) is 14.7 Å². The van der Waals surface area contributed by atoms with Crippen LogP contribution in [0.1, 0.15) is 52.5 Å². The van der Waals surface area contributed by atoms with Gasteiger partial charge in [-0.05, 0) is 41.0 Å². The monoisotopic (exact) mass is 450 g/mol. The lowest BCUT2D eigenvalue weighted by atomic mass is 9.85. The molecule has 1 aromatic carbocycles. The van der Waals surface area contributed by atoms with Gasteiger partial charge >= 0.3 is 13.6 Å². The smallest absolute Gasteiger partial charge is 0.360 e. The SMILES string of the molecule is CC1=C(C(=O)OC(C)(C)C)C(c2ccccc2[N+](=O)[O-])C(P2(=O)OCCCO2)=C(C)N1. The van der Waals surface area contributed by atoms with Gasteiger partial charge in [0.15, 0.2) is 0 Å². The van der Waals surface area contributed by atoms with Crippen molar-refractivity contribution in [1.82, 2.24) is 5.32 Å². The highest BCUT2D eigenvalue weighted by atomic mass is 31.2. The number of ether oxygens (including phenoxy) is 1. The lowest BCUT2D eigenvalue weighted by Gasteiger charge is -2.36. The second-order valence-electron chi connectivity index (χ2n) is 8.44. The summed E-state index contributed by atoms with van der Waals surface area (Å²) >= 11 is 0. The van der Waals surface area contributed by atoms with E-state index in [9.17, 15) is 19.5 Å².